The summed E-state index contributed by atoms with van der Waals surface area (Å²) in [6, 6.07) is 17.3. The molecule has 2 heterocycles. The molecule has 0 aliphatic rings. The summed E-state index contributed by atoms with van der Waals surface area (Å²) >= 11 is 4.51. The van der Waals surface area contributed by atoms with Crippen LogP contribution in [0.25, 0.3) is 15.9 Å². The van der Waals surface area contributed by atoms with E-state index in [1.54, 1.807) is 36.9 Å². The third-order valence-corrected chi connectivity index (χ3v) is 7.76. The number of urea groups is 1. The summed E-state index contributed by atoms with van der Waals surface area (Å²) in [5.41, 5.74) is 1.89. The van der Waals surface area contributed by atoms with E-state index in [9.17, 15) is 9.59 Å². The average Bonchev–Trinajstić information content (AvgIpc) is 3.41. The second kappa shape index (κ2) is 10.8. The van der Waals surface area contributed by atoms with E-state index in [0.29, 0.717) is 17.5 Å². The van der Waals surface area contributed by atoms with Gasteiger partial charge in [-0.2, -0.15) is 0 Å². The Labute approximate surface area is 203 Å². The lowest BCUT2D eigenvalue weighted by molar-refractivity contribution is -0.119. The van der Waals surface area contributed by atoms with Crippen molar-refractivity contribution in [2.75, 3.05) is 6.54 Å². The molecule has 33 heavy (non-hydrogen) atoms. The SMILES string of the molecule is CCNC(=O)NC(=O)C(C)Sc1nnc(CSc2nc3ccccc3s2)n1-c1ccccc1. The van der Waals surface area contributed by atoms with Crippen molar-refractivity contribution in [3.8, 4) is 5.69 Å². The molecule has 11 heteroatoms. The highest BCUT2D eigenvalue weighted by Gasteiger charge is 2.22. The van der Waals surface area contributed by atoms with Crippen molar-refractivity contribution in [3.63, 3.8) is 0 Å². The van der Waals surface area contributed by atoms with Crippen molar-refractivity contribution in [2.45, 2.75) is 34.3 Å². The van der Waals surface area contributed by atoms with Crippen molar-refractivity contribution in [1.82, 2.24) is 30.4 Å². The number of imide groups is 1. The first kappa shape index (κ1) is 23.3. The Hall–Kier alpha value is -2.89. The quantitative estimate of drug-likeness (QED) is 0.345. The maximum Gasteiger partial charge on any atom is 0.321 e. The summed E-state index contributed by atoms with van der Waals surface area (Å²) in [6.07, 6.45) is 0. The van der Waals surface area contributed by atoms with Crippen LogP contribution in [0.5, 0.6) is 0 Å². The minimum atomic E-state index is -0.538. The van der Waals surface area contributed by atoms with E-state index in [1.165, 1.54) is 11.8 Å². The lowest BCUT2D eigenvalue weighted by Gasteiger charge is -2.13. The van der Waals surface area contributed by atoms with Gasteiger partial charge in [-0.05, 0) is 38.1 Å². The molecule has 2 N–H and O–H groups in total. The average molecular weight is 499 g/mol. The topological polar surface area (TPSA) is 102 Å². The van der Waals surface area contributed by atoms with Crippen LogP contribution >= 0.6 is 34.9 Å². The molecule has 1 unspecified atom stereocenters. The predicted molar refractivity (Wildman–Crippen MR) is 133 cm³/mol. The molecule has 0 bridgehead atoms. The minimum absolute atomic E-state index is 0.390. The molecule has 0 radical (unpaired) electrons. The van der Waals surface area contributed by atoms with Crippen molar-refractivity contribution >= 4 is 57.0 Å². The summed E-state index contributed by atoms with van der Waals surface area (Å²) < 4.78 is 4.05. The Balaban J connectivity index is 1.54. The molecule has 8 nitrogen and oxygen atoms in total. The van der Waals surface area contributed by atoms with E-state index in [4.69, 9.17) is 0 Å². The highest BCUT2D eigenvalue weighted by molar-refractivity contribution is 8.00. The minimum Gasteiger partial charge on any atom is -0.338 e. The van der Waals surface area contributed by atoms with Crippen molar-refractivity contribution < 1.29 is 9.59 Å². The van der Waals surface area contributed by atoms with Crippen LogP contribution < -0.4 is 10.6 Å². The number of nitrogens with one attached hydrogen (secondary N) is 2. The van der Waals surface area contributed by atoms with Gasteiger partial charge in [0, 0.05) is 12.2 Å². The molecule has 4 aromatic rings. The largest absolute Gasteiger partial charge is 0.338 e. The van der Waals surface area contributed by atoms with Gasteiger partial charge in [-0.25, -0.2) is 9.78 Å². The number of hydrogen-bond acceptors (Lipinski definition) is 8. The predicted octanol–water partition coefficient (Wildman–Crippen LogP) is 4.50. The molecule has 0 aliphatic heterocycles. The molecule has 0 aliphatic carbocycles. The van der Waals surface area contributed by atoms with Crippen molar-refractivity contribution in [2.24, 2.45) is 0 Å². The molecule has 0 fully saturated rings. The third kappa shape index (κ3) is 5.73. The zero-order chi connectivity index (χ0) is 23.2. The molecule has 4 rings (SSSR count). The van der Waals surface area contributed by atoms with E-state index >= 15 is 0 Å². The molecule has 0 spiro atoms. The van der Waals surface area contributed by atoms with Gasteiger partial charge in [-0.1, -0.05) is 53.9 Å². The number of fused-ring (bicyclic) bond motifs is 1. The highest BCUT2D eigenvalue weighted by Crippen LogP contribution is 2.33. The molecule has 3 amide bonds. The van der Waals surface area contributed by atoms with Crippen molar-refractivity contribution in [3.05, 3.63) is 60.4 Å². The van der Waals surface area contributed by atoms with E-state index in [-0.39, 0.29) is 5.91 Å². The van der Waals surface area contributed by atoms with Gasteiger partial charge in [0.05, 0.1) is 21.2 Å². The van der Waals surface area contributed by atoms with Crippen LogP contribution in [0.1, 0.15) is 19.7 Å². The van der Waals surface area contributed by atoms with E-state index in [2.05, 4.69) is 31.9 Å². The number of nitrogens with zero attached hydrogens (tertiary/aromatic N) is 4. The zero-order valence-corrected chi connectivity index (χ0v) is 20.5. The first-order valence-electron chi connectivity index (χ1n) is 10.3. The molecule has 2 aromatic heterocycles. The number of carbonyl (C=O) groups excluding carboxylic acids is 2. The second-order valence-electron chi connectivity index (χ2n) is 6.91. The molecule has 2 aromatic carbocycles. The van der Waals surface area contributed by atoms with E-state index in [0.717, 1.165) is 26.1 Å². The number of benzene rings is 2. The number of thiazole rings is 1. The van der Waals surface area contributed by atoms with Crippen LogP contribution in [0.3, 0.4) is 0 Å². The lowest BCUT2D eigenvalue weighted by Crippen LogP contribution is -2.42. The first-order valence-corrected chi connectivity index (χ1v) is 13.0. The first-order chi connectivity index (χ1) is 16.0. The Morgan fingerprint density at radius 2 is 1.85 bits per heavy atom. The number of para-hydroxylation sites is 2. The van der Waals surface area contributed by atoms with Crippen LogP contribution in [0, 0.1) is 0 Å². The smallest absolute Gasteiger partial charge is 0.321 e. The summed E-state index contributed by atoms with van der Waals surface area (Å²) in [7, 11) is 0. The third-order valence-electron chi connectivity index (χ3n) is 4.54. The Morgan fingerprint density at radius 1 is 1.09 bits per heavy atom. The van der Waals surface area contributed by atoms with Gasteiger partial charge >= 0.3 is 6.03 Å². The number of rotatable bonds is 8. The molecular formula is C22H22N6O2S3. The van der Waals surface area contributed by atoms with E-state index < -0.39 is 11.3 Å². The maximum absolute atomic E-state index is 12.4. The molecule has 0 saturated carbocycles. The summed E-state index contributed by atoms with van der Waals surface area (Å²) in [6.45, 7) is 3.97. The monoisotopic (exact) mass is 498 g/mol. The second-order valence-corrected chi connectivity index (χ2v) is 10.5. The molecular weight excluding hydrogens is 476 g/mol. The lowest BCUT2D eigenvalue weighted by atomic mass is 10.3. The normalized spacial score (nSPS) is 11.9. The van der Waals surface area contributed by atoms with Crippen LogP contribution in [0.4, 0.5) is 4.79 Å². The number of carbonyl (C=O) groups is 2. The molecule has 0 saturated heterocycles. The van der Waals surface area contributed by atoms with Gasteiger partial charge in [0.2, 0.25) is 5.91 Å². The summed E-state index contributed by atoms with van der Waals surface area (Å²) in [5, 5.41) is 13.7. The van der Waals surface area contributed by atoms with Crippen molar-refractivity contribution in [1.29, 1.82) is 0 Å². The summed E-state index contributed by atoms with van der Waals surface area (Å²) in [4.78, 5) is 28.8. The van der Waals surface area contributed by atoms with Gasteiger partial charge in [-0.15, -0.1) is 21.5 Å². The molecule has 170 valence electrons. The fraction of sp³-hybridized carbons (Fsp3) is 0.227. The van der Waals surface area contributed by atoms with Crippen LogP contribution in [-0.4, -0.2) is 43.5 Å². The van der Waals surface area contributed by atoms with Gasteiger partial charge in [0.15, 0.2) is 9.50 Å². The molecule has 1 atom stereocenters. The van der Waals surface area contributed by atoms with Crippen LogP contribution in [0.2, 0.25) is 0 Å². The Kier molecular flexibility index (Phi) is 7.63. The summed E-state index contributed by atoms with van der Waals surface area (Å²) in [5.74, 6) is 0.935. The standard InChI is InChI=1S/C22H22N6O2S3/c1-3-23-20(30)25-19(29)14(2)32-21-27-26-18(28(21)15-9-5-4-6-10-15)13-31-22-24-16-11-7-8-12-17(16)33-22/h4-12,14H,3,13H2,1-2H3,(H2,23,25,29,30). The maximum atomic E-state index is 12.4. The Morgan fingerprint density at radius 3 is 2.61 bits per heavy atom. The van der Waals surface area contributed by atoms with E-state index in [1.807, 2.05) is 53.1 Å². The number of aromatic nitrogens is 4. The highest BCUT2D eigenvalue weighted by atomic mass is 32.2. The number of hydrogen-bond donors (Lipinski definition) is 2. The fourth-order valence-electron chi connectivity index (χ4n) is 2.98. The van der Waals surface area contributed by atoms with Gasteiger partial charge in [-0.3, -0.25) is 14.7 Å². The number of amides is 3. The zero-order valence-electron chi connectivity index (χ0n) is 18.0. The number of thioether (sulfide) groups is 2. The van der Waals surface area contributed by atoms with Gasteiger partial charge in [0.1, 0.15) is 5.82 Å². The fourth-order valence-corrected chi connectivity index (χ4v) is 5.84. The van der Waals surface area contributed by atoms with Gasteiger partial charge < -0.3 is 5.32 Å². The van der Waals surface area contributed by atoms with Crippen LogP contribution in [-0.2, 0) is 10.5 Å². The Bertz CT molecular complexity index is 1220. The van der Waals surface area contributed by atoms with Gasteiger partial charge in [0.25, 0.3) is 0 Å². The van der Waals surface area contributed by atoms with Crippen LogP contribution in [0.15, 0.2) is 64.1 Å².